The first-order chi connectivity index (χ1) is 12.5. The first-order valence-corrected chi connectivity index (χ1v) is 12.8. The second-order valence-electron chi connectivity index (χ2n) is 6.43. The number of nitrogens with zero attached hydrogens (tertiary/aromatic N) is 3. The Bertz CT molecular complexity index is 991. The Hall–Kier alpha value is -1.09. The van der Waals surface area contributed by atoms with Crippen molar-refractivity contribution < 1.29 is 25.3 Å². The molecular formula is C14H22N4O6S3. The molecule has 2 aliphatic heterocycles. The molecule has 0 saturated carbocycles. The largest absolute Gasteiger partial charge is 0.282 e. The predicted molar refractivity (Wildman–Crippen MR) is 97.9 cm³/mol. The van der Waals surface area contributed by atoms with Gasteiger partial charge < -0.3 is 0 Å². The quantitative estimate of drug-likeness (QED) is 0.624. The summed E-state index contributed by atoms with van der Waals surface area (Å²) in [6, 6.07) is 4.64. The maximum absolute atomic E-state index is 12.7. The van der Waals surface area contributed by atoms with Gasteiger partial charge in [-0.2, -0.15) is 21.3 Å². The second kappa shape index (κ2) is 7.39. The molecule has 0 unspecified atom stereocenters. The van der Waals surface area contributed by atoms with Crippen LogP contribution in [0.1, 0.15) is 12.8 Å². The van der Waals surface area contributed by atoms with Crippen LogP contribution in [0.2, 0.25) is 0 Å². The highest BCUT2D eigenvalue weighted by Gasteiger charge is 2.36. The van der Waals surface area contributed by atoms with Crippen LogP contribution in [0.3, 0.4) is 0 Å². The van der Waals surface area contributed by atoms with Gasteiger partial charge in [0.15, 0.2) is 0 Å². The predicted octanol–water partition coefficient (Wildman–Crippen LogP) is -1.02. The molecule has 0 bridgehead atoms. The van der Waals surface area contributed by atoms with Crippen LogP contribution in [-0.2, 0) is 30.3 Å². The molecule has 2 saturated heterocycles. The van der Waals surface area contributed by atoms with Crippen LogP contribution in [0.4, 0.5) is 0 Å². The molecule has 13 heteroatoms. The van der Waals surface area contributed by atoms with E-state index in [0.29, 0.717) is 13.1 Å². The molecule has 2 aliphatic rings. The molecule has 0 radical (unpaired) electrons. The van der Waals surface area contributed by atoms with Gasteiger partial charge in [-0.05, 0) is 37.1 Å². The van der Waals surface area contributed by atoms with Crippen LogP contribution >= 0.6 is 0 Å². The molecule has 10 nitrogen and oxygen atoms in total. The average molecular weight is 439 g/mol. The highest BCUT2D eigenvalue weighted by Crippen LogP contribution is 2.22. The summed E-state index contributed by atoms with van der Waals surface area (Å²) in [5.41, 5.74) is 0. The Kier molecular flexibility index (Phi) is 5.65. The lowest BCUT2D eigenvalue weighted by molar-refractivity contribution is 0.259. The molecule has 2 fully saturated rings. The van der Waals surface area contributed by atoms with Crippen LogP contribution in [-0.4, -0.2) is 77.4 Å². The van der Waals surface area contributed by atoms with Gasteiger partial charge >= 0.3 is 0 Å². The first kappa shape index (κ1) is 20.6. The van der Waals surface area contributed by atoms with Crippen LogP contribution < -0.4 is 5.14 Å². The fourth-order valence-corrected chi connectivity index (χ4v) is 6.78. The zero-order valence-corrected chi connectivity index (χ0v) is 17.0. The number of piperazine rings is 1. The summed E-state index contributed by atoms with van der Waals surface area (Å²) in [6.07, 6.45) is 1.67. The minimum Gasteiger partial charge on any atom is -0.225 e. The summed E-state index contributed by atoms with van der Waals surface area (Å²) in [5.74, 6) is 0. The van der Waals surface area contributed by atoms with Crippen molar-refractivity contribution in [1.29, 1.82) is 0 Å². The van der Waals surface area contributed by atoms with E-state index in [1.54, 1.807) is 0 Å². The summed E-state index contributed by atoms with van der Waals surface area (Å²) in [5, 5.41) is 5.01. The van der Waals surface area contributed by atoms with Crippen molar-refractivity contribution in [3.63, 3.8) is 0 Å². The Morgan fingerprint density at radius 3 is 1.52 bits per heavy atom. The van der Waals surface area contributed by atoms with Gasteiger partial charge in [0, 0.05) is 39.3 Å². The number of primary sulfonamides is 1. The van der Waals surface area contributed by atoms with Crippen molar-refractivity contribution in [3.8, 4) is 0 Å². The molecule has 152 valence electrons. The van der Waals surface area contributed by atoms with E-state index in [9.17, 15) is 25.3 Å². The van der Waals surface area contributed by atoms with Gasteiger partial charge in [-0.15, -0.1) is 0 Å². The lowest BCUT2D eigenvalue weighted by atomic mass is 10.4. The molecule has 2 N–H and O–H groups in total. The highest BCUT2D eigenvalue weighted by molar-refractivity contribution is 7.89. The van der Waals surface area contributed by atoms with E-state index in [4.69, 9.17) is 5.14 Å². The van der Waals surface area contributed by atoms with Crippen molar-refractivity contribution in [2.24, 2.45) is 5.14 Å². The van der Waals surface area contributed by atoms with E-state index in [0.717, 1.165) is 25.0 Å². The third kappa shape index (κ3) is 4.18. The number of hydrogen-bond acceptors (Lipinski definition) is 6. The van der Waals surface area contributed by atoms with E-state index in [1.807, 2.05) is 0 Å². The molecule has 2 heterocycles. The smallest absolute Gasteiger partial charge is 0.225 e. The standard InChI is InChI=1S/C14H22N4O6S3/c15-25(19,20)13-3-5-14(6-4-13)26(21,22)16-9-11-18(12-10-16)27(23,24)17-7-1-2-8-17/h3-6H,1-2,7-12H2,(H2,15,19,20). The van der Waals surface area contributed by atoms with Crippen molar-refractivity contribution in [2.45, 2.75) is 22.6 Å². The van der Waals surface area contributed by atoms with E-state index in [2.05, 4.69) is 0 Å². The van der Waals surface area contributed by atoms with Gasteiger partial charge in [0.05, 0.1) is 9.79 Å². The summed E-state index contributed by atoms with van der Waals surface area (Å²) in [7, 11) is -11.3. The third-order valence-corrected chi connectivity index (χ3v) is 9.58. The van der Waals surface area contributed by atoms with Crippen LogP contribution in [0, 0.1) is 0 Å². The summed E-state index contributed by atoms with van der Waals surface area (Å²) in [6.45, 7) is 1.22. The first-order valence-electron chi connectivity index (χ1n) is 8.41. The normalized spacial score (nSPS) is 21.5. The van der Waals surface area contributed by atoms with Gasteiger partial charge in [-0.25, -0.2) is 22.0 Å². The summed E-state index contributed by atoms with van der Waals surface area (Å²) in [4.78, 5) is -0.242. The average Bonchev–Trinajstić information content (AvgIpc) is 3.17. The molecule has 3 rings (SSSR count). The van der Waals surface area contributed by atoms with E-state index < -0.39 is 30.3 Å². The zero-order valence-electron chi connectivity index (χ0n) is 14.6. The van der Waals surface area contributed by atoms with Gasteiger partial charge in [0.25, 0.3) is 10.2 Å². The molecule has 27 heavy (non-hydrogen) atoms. The number of rotatable bonds is 5. The number of benzene rings is 1. The molecule has 0 aliphatic carbocycles. The van der Waals surface area contributed by atoms with Gasteiger partial charge in [0.1, 0.15) is 0 Å². The Morgan fingerprint density at radius 2 is 1.04 bits per heavy atom. The molecule has 1 aromatic rings. The van der Waals surface area contributed by atoms with Crippen LogP contribution in [0.5, 0.6) is 0 Å². The fourth-order valence-electron chi connectivity index (χ4n) is 3.17. The van der Waals surface area contributed by atoms with Crippen molar-refractivity contribution >= 4 is 30.3 Å². The van der Waals surface area contributed by atoms with Crippen molar-refractivity contribution in [3.05, 3.63) is 24.3 Å². The minimum absolute atomic E-state index is 0.0341. The number of sulfonamides is 2. The Labute approximate surface area is 159 Å². The lowest BCUT2D eigenvalue weighted by Gasteiger charge is -2.35. The molecule has 0 atom stereocenters. The highest BCUT2D eigenvalue weighted by atomic mass is 32.2. The second-order valence-corrected chi connectivity index (χ2v) is 11.9. The number of hydrogen-bond donors (Lipinski definition) is 1. The zero-order chi connectivity index (χ0) is 19.9. The molecule has 0 aromatic heterocycles. The topological polar surface area (TPSA) is 138 Å². The molecule has 1 aromatic carbocycles. The van der Waals surface area contributed by atoms with Gasteiger partial charge in [-0.3, -0.25) is 0 Å². The van der Waals surface area contributed by atoms with Gasteiger partial charge in [-0.1, -0.05) is 0 Å². The fraction of sp³-hybridized carbons (Fsp3) is 0.571. The van der Waals surface area contributed by atoms with E-state index in [-0.39, 0.29) is 36.0 Å². The SMILES string of the molecule is NS(=O)(=O)c1ccc(S(=O)(=O)N2CCN(S(=O)(=O)N3CCCC3)CC2)cc1. The molecule has 0 spiro atoms. The third-order valence-electron chi connectivity index (χ3n) is 4.71. The van der Waals surface area contributed by atoms with E-state index in [1.165, 1.54) is 25.0 Å². The van der Waals surface area contributed by atoms with Crippen LogP contribution in [0.15, 0.2) is 34.1 Å². The Morgan fingerprint density at radius 1 is 0.630 bits per heavy atom. The van der Waals surface area contributed by atoms with Gasteiger partial charge in [0.2, 0.25) is 20.0 Å². The maximum Gasteiger partial charge on any atom is 0.282 e. The maximum atomic E-state index is 12.7. The van der Waals surface area contributed by atoms with Crippen LogP contribution in [0.25, 0.3) is 0 Å². The molecule has 0 amide bonds. The van der Waals surface area contributed by atoms with Crippen molar-refractivity contribution in [1.82, 2.24) is 12.9 Å². The molecular weight excluding hydrogens is 416 g/mol. The lowest BCUT2D eigenvalue weighted by Crippen LogP contribution is -2.53. The number of nitrogens with two attached hydrogens (primary N) is 1. The Balaban J connectivity index is 1.71. The van der Waals surface area contributed by atoms with Crippen molar-refractivity contribution in [2.75, 3.05) is 39.3 Å². The summed E-state index contributed by atoms with van der Waals surface area (Å²) >= 11 is 0. The summed E-state index contributed by atoms with van der Waals surface area (Å²) < 4.78 is 77.1. The minimum atomic E-state index is -3.91. The van der Waals surface area contributed by atoms with E-state index >= 15 is 0 Å². The monoisotopic (exact) mass is 438 g/mol.